The molecule has 0 atom stereocenters. The third-order valence-corrected chi connectivity index (χ3v) is 3.68. The average Bonchev–Trinajstić information content (AvgIpc) is 2.99. The summed E-state index contributed by atoms with van der Waals surface area (Å²) in [4.78, 5) is 23.6. The summed E-state index contributed by atoms with van der Waals surface area (Å²) in [6, 6.07) is 12.4. The molecule has 122 valence electrons. The lowest BCUT2D eigenvalue weighted by molar-refractivity contribution is -0.114. The number of fused-ring (bicyclic) bond motifs is 1. The van der Waals surface area contributed by atoms with E-state index in [0.717, 1.165) is 0 Å². The van der Waals surface area contributed by atoms with Gasteiger partial charge in [-0.25, -0.2) is 0 Å². The van der Waals surface area contributed by atoms with Crippen molar-refractivity contribution in [3.05, 3.63) is 48.2 Å². The smallest absolute Gasteiger partial charge is 0.293 e. The van der Waals surface area contributed by atoms with E-state index in [9.17, 15) is 9.59 Å². The Hall–Kier alpha value is -3.28. The number of ketones is 1. The van der Waals surface area contributed by atoms with Gasteiger partial charge in [-0.3, -0.25) is 9.59 Å². The largest absolute Gasteiger partial charge is 0.496 e. The Labute approximate surface area is 137 Å². The Kier molecular flexibility index (Phi) is 3.95. The summed E-state index contributed by atoms with van der Waals surface area (Å²) >= 11 is 0. The van der Waals surface area contributed by atoms with Crippen molar-refractivity contribution in [3.8, 4) is 22.6 Å². The molecular weight excluding hydrogens is 310 g/mol. The highest BCUT2D eigenvalue weighted by Gasteiger charge is 2.27. The van der Waals surface area contributed by atoms with Crippen LogP contribution in [0.15, 0.2) is 46.9 Å². The molecule has 0 aliphatic carbocycles. The van der Waals surface area contributed by atoms with Gasteiger partial charge < -0.3 is 19.6 Å². The van der Waals surface area contributed by atoms with Gasteiger partial charge in [-0.1, -0.05) is 30.3 Å². The number of methoxy groups -OCH3 is 2. The zero-order valence-corrected chi connectivity index (χ0v) is 13.2. The Bertz CT molecular complexity index is 927. The van der Waals surface area contributed by atoms with Crippen LogP contribution in [0.2, 0.25) is 0 Å². The zero-order valence-electron chi connectivity index (χ0n) is 13.2. The average molecular weight is 325 g/mol. The van der Waals surface area contributed by atoms with E-state index in [-0.39, 0.29) is 5.76 Å². The second-order valence-electron chi connectivity index (χ2n) is 5.07. The van der Waals surface area contributed by atoms with E-state index < -0.39 is 11.7 Å². The molecule has 2 aromatic carbocycles. The number of benzene rings is 2. The molecule has 6 heteroatoms. The number of ether oxygens (including phenoxy) is 2. The molecular formula is C18H15NO5. The first-order valence-corrected chi connectivity index (χ1v) is 7.15. The lowest BCUT2D eigenvalue weighted by atomic mass is 9.99. The van der Waals surface area contributed by atoms with Gasteiger partial charge in [0.25, 0.3) is 11.7 Å². The van der Waals surface area contributed by atoms with E-state index in [4.69, 9.17) is 19.6 Å². The number of hydrogen-bond donors (Lipinski definition) is 1. The Balaban J connectivity index is 2.42. The molecule has 24 heavy (non-hydrogen) atoms. The monoisotopic (exact) mass is 325 g/mol. The van der Waals surface area contributed by atoms with Gasteiger partial charge in [0.15, 0.2) is 5.76 Å². The quantitative estimate of drug-likeness (QED) is 0.575. The Morgan fingerprint density at radius 2 is 1.75 bits per heavy atom. The van der Waals surface area contributed by atoms with Crippen LogP contribution in [0.4, 0.5) is 0 Å². The van der Waals surface area contributed by atoms with Crippen molar-refractivity contribution in [2.24, 2.45) is 5.73 Å². The SMILES string of the molecule is COc1cc(OC)c2c(-c3ccccc3)c(C(=O)C(N)=O)oc2c1. The lowest BCUT2D eigenvalue weighted by Gasteiger charge is -2.07. The predicted octanol–water partition coefficient (Wildman–Crippen LogP) is 2.79. The standard InChI is InChI=1S/C18H15NO5/c1-22-11-8-12(23-2)15-13(9-11)24-17(16(20)18(19)21)14(15)10-6-4-3-5-7-10/h3-9H,1-2H3,(H2,19,21). The fraction of sp³-hybridized carbons (Fsp3) is 0.111. The molecule has 0 saturated carbocycles. The third-order valence-electron chi connectivity index (χ3n) is 3.68. The molecule has 0 fully saturated rings. The van der Waals surface area contributed by atoms with Crippen molar-refractivity contribution in [2.75, 3.05) is 14.2 Å². The van der Waals surface area contributed by atoms with Crippen LogP contribution in [0.1, 0.15) is 10.6 Å². The number of carbonyl (C=O) groups excluding carboxylic acids is 2. The molecule has 0 saturated heterocycles. The molecule has 1 amide bonds. The molecule has 0 aliphatic heterocycles. The third kappa shape index (κ3) is 2.48. The van der Waals surface area contributed by atoms with Gasteiger partial charge in [-0.15, -0.1) is 0 Å². The van der Waals surface area contributed by atoms with E-state index in [1.807, 2.05) is 30.3 Å². The molecule has 0 radical (unpaired) electrons. The molecule has 1 aromatic heterocycles. The number of hydrogen-bond acceptors (Lipinski definition) is 5. The number of furan rings is 1. The van der Waals surface area contributed by atoms with E-state index >= 15 is 0 Å². The molecule has 3 rings (SSSR count). The number of nitrogens with two attached hydrogens (primary N) is 1. The number of amides is 1. The van der Waals surface area contributed by atoms with Gasteiger partial charge in [0.05, 0.1) is 19.6 Å². The van der Waals surface area contributed by atoms with Crippen LogP contribution in [0.5, 0.6) is 11.5 Å². The van der Waals surface area contributed by atoms with Gasteiger partial charge >= 0.3 is 0 Å². The number of primary amides is 1. The number of Topliss-reactive ketones (excluding diaryl/α,β-unsaturated/α-hetero) is 1. The molecule has 2 N–H and O–H groups in total. The summed E-state index contributed by atoms with van der Waals surface area (Å²) in [6.07, 6.45) is 0. The Morgan fingerprint density at radius 3 is 2.33 bits per heavy atom. The van der Waals surface area contributed by atoms with E-state index in [2.05, 4.69) is 0 Å². The molecule has 0 unspecified atom stereocenters. The summed E-state index contributed by atoms with van der Waals surface area (Å²) in [5.74, 6) is -1.13. The fourth-order valence-electron chi connectivity index (χ4n) is 2.60. The van der Waals surface area contributed by atoms with Crippen LogP contribution in [-0.2, 0) is 4.79 Å². The van der Waals surface area contributed by atoms with Crippen LogP contribution in [0.3, 0.4) is 0 Å². The normalized spacial score (nSPS) is 10.6. The molecule has 0 bridgehead atoms. The van der Waals surface area contributed by atoms with Gasteiger partial charge in [0.1, 0.15) is 17.1 Å². The summed E-state index contributed by atoms with van der Waals surface area (Å²) in [7, 11) is 3.02. The maximum atomic E-state index is 12.2. The van der Waals surface area contributed by atoms with Gasteiger partial charge in [-0.05, 0) is 5.56 Å². The second-order valence-corrected chi connectivity index (χ2v) is 5.07. The number of rotatable bonds is 5. The van der Waals surface area contributed by atoms with Crippen LogP contribution >= 0.6 is 0 Å². The van der Waals surface area contributed by atoms with E-state index in [1.165, 1.54) is 14.2 Å². The van der Waals surface area contributed by atoms with Crippen molar-refractivity contribution < 1.29 is 23.5 Å². The zero-order chi connectivity index (χ0) is 17.3. The molecule has 3 aromatic rings. The van der Waals surface area contributed by atoms with E-state index in [1.54, 1.807) is 12.1 Å². The maximum absolute atomic E-state index is 12.2. The van der Waals surface area contributed by atoms with Crippen molar-refractivity contribution in [3.63, 3.8) is 0 Å². The first kappa shape index (κ1) is 15.6. The highest BCUT2D eigenvalue weighted by molar-refractivity contribution is 6.43. The minimum atomic E-state index is -1.09. The topological polar surface area (TPSA) is 91.8 Å². The van der Waals surface area contributed by atoms with Gasteiger partial charge in [-0.2, -0.15) is 0 Å². The van der Waals surface area contributed by atoms with Crippen LogP contribution < -0.4 is 15.2 Å². The molecule has 0 aliphatic rings. The predicted molar refractivity (Wildman–Crippen MR) is 88.3 cm³/mol. The summed E-state index contributed by atoms with van der Waals surface area (Å²) in [5, 5.41) is 0.578. The molecule has 6 nitrogen and oxygen atoms in total. The second kappa shape index (κ2) is 6.08. The van der Waals surface area contributed by atoms with Crippen LogP contribution in [-0.4, -0.2) is 25.9 Å². The lowest BCUT2D eigenvalue weighted by Crippen LogP contribution is -2.23. The maximum Gasteiger partial charge on any atom is 0.293 e. The van der Waals surface area contributed by atoms with Crippen molar-refractivity contribution in [1.29, 1.82) is 0 Å². The highest BCUT2D eigenvalue weighted by Crippen LogP contribution is 2.42. The molecule has 1 heterocycles. The highest BCUT2D eigenvalue weighted by atomic mass is 16.5. The first-order chi connectivity index (χ1) is 11.6. The van der Waals surface area contributed by atoms with Crippen molar-refractivity contribution in [2.45, 2.75) is 0 Å². The van der Waals surface area contributed by atoms with Crippen molar-refractivity contribution >= 4 is 22.7 Å². The minimum absolute atomic E-state index is 0.116. The minimum Gasteiger partial charge on any atom is -0.496 e. The molecule has 0 spiro atoms. The first-order valence-electron chi connectivity index (χ1n) is 7.15. The van der Waals surface area contributed by atoms with Gasteiger partial charge in [0.2, 0.25) is 0 Å². The number of carbonyl (C=O) groups is 2. The van der Waals surface area contributed by atoms with Crippen molar-refractivity contribution in [1.82, 2.24) is 0 Å². The summed E-state index contributed by atoms with van der Waals surface area (Å²) in [5.41, 5.74) is 6.71. The summed E-state index contributed by atoms with van der Waals surface area (Å²) < 4.78 is 16.3. The summed E-state index contributed by atoms with van der Waals surface area (Å²) in [6.45, 7) is 0. The van der Waals surface area contributed by atoms with Gasteiger partial charge in [0, 0.05) is 17.7 Å². The Morgan fingerprint density at radius 1 is 1.04 bits per heavy atom. The van der Waals surface area contributed by atoms with Crippen LogP contribution in [0, 0.1) is 0 Å². The fourth-order valence-corrected chi connectivity index (χ4v) is 2.60. The van der Waals surface area contributed by atoms with E-state index in [0.29, 0.717) is 33.6 Å². The van der Waals surface area contributed by atoms with Crippen LogP contribution in [0.25, 0.3) is 22.1 Å².